The Hall–Kier alpha value is -2.29. The van der Waals surface area contributed by atoms with Gasteiger partial charge in [0.1, 0.15) is 5.60 Å². The van der Waals surface area contributed by atoms with Crippen LogP contribution in [0.4, 0.5) is 10.5 Å². The number of para-hydroxylation sites is 1. The van der Waals surface area contributed by atoms with Gasteiger partial charge in [0.05, 0.1) is 6.04 Å². The van der Waals surface area contributed by atoms with Crippen LogP contribution in [-0.4, -0.2) is 11.7 Å². The van der Waals surface area contributed by atoms with Gasteiger partial charge in [0.2, 0.25) is 0 Å². The third-order valence-electron chi connectivity index (χ3n) is 3.29. The van der Waals surface area contributed by atoms with Gasteiger partial charge in [-0.15, -0.1) is 0 Å². The fraction of sp³-hybridized carbons (Fsp3) is 0.316. The lowest BCUT2D eigenvalue weighted by atomic mass is 10.1. The second-order valence-corrected chi connectivity index (χ2v) is 6.27. The molecule has 1 amide bonds. The number of benzene rings is 2. The van der Waals surface area contributed by atoms with Crippen LogP contribution in [0.2, 0.25) is 0 Å². The summed E-state index contributed by atoms with van der Waals surface area (Å²) >= 11 is 0. The molecule has 0 aliphatic carbocycles. The summed E-state index contributed by atoms with van der Waals surface area (Å²) in [5.74, 6) is 0. The molecule has 0 aliphatic heterocycles. The van der Waals surface area contributed by atoms with Crippen LogP contribution in [0, 0.1) is 0 Å². The van der Waals surface area contributed by atoms with Crippen LogP contribution < -0.4 is 4.90 Å². The normalized spacial score (nSPS) is 12.5. The van der Waals surface area contributed by atoms with Crippen molar-refractivity contribution in [3.05, 3.63) is 66.2 Å². The summed E-state index contributed by atoms with van der Waals surface area (Å²) in [6.07, 6.45) is -0.338. The highest BCUT2D eigenvalue weighted by atomic mass is 16.6. The molecule has 0 fully saturated rings. The molecule has 1 atom stereocenters. The van der Waals surface area contributed by atoms with Gasteiger partial charge in [-0.1, -0.05) is 48.5 Å². The zero-order chi connectivity index (χ0) is 16.2. The predicted molar refractivity (Wildman–Crippen MR) is 90.0 cm³/mol. The van der Waals surface area contributed by atoms with E-state index in [9.17, 15) is 4.79 Å². The van der Waals surface area contributed by atoms with Crippen molar-refractivity contribution in [1.82, 2.24) is 0 Å². The van der Waals surface area contributed by atoms with Crippen molar-refractivity contribution in [2.45, 2.75) is 39.3 Å². The van der Waals surface area contributed by atoms with E-state index in [1.54, 1.807) is 4.90 Å². The van der Waals surface area contributed by atoms with Crippen molar-refractivity contribution in [3.8, 4) is 0 Å². The van der Waals surface area contributed by atoms with E-state index < -0.39 is 5.60 Å². The quantitative estimate of drug-likeness (QED) is 0.780. The second-order valence-electron chi connectivity index (χ2n) is 6.27. The zero-order valence-corrected chi connectivity index (χ0v) is 13.6. The molecule has 0 aromatic heterocycles. The number of anilines is 1. The maximum atomic E-state index is 12.7. The molecule has 0 aliphatic rings. The van der Waals surface area contributed by atoms with Gasteiger partial charge in [0.25, 0.3) is 0 Å². The number of hydrogen-bond donors (Lipinski definition) is 0. The summed E-state index contributed by atoms with van der Waals surface area (Å²) in [7, 11) is 0. The Morgan fingerprint density at radius 3 is 1.95 bits per heavy atom. The lowest BCUT2D eigenvalue weighted by molar-refractivity contribution is 0.0567. The van der Waals surface area contributed by atoms with Gasteiger partial charge in [-0.25, -0.2) is 4.79 Å². The largest absolute Gasteiger partial charge is 0.443 e. The van der Waals surface area contributed by atoms with E-state index in [4.69, 9.17) is 4.74 Å². The Bertz CT molecular complexity index is 602. The van der Waals surface area contributed by atoms with Crippen LogP contribution in [0.3, 0.4) is 0 Å². The van der Waals surface area contributed by atoms with Crippen molar-refractivity contribution in [2.75, 3.05) is 4.90 Å². The molecule has 1 unspecified atom stereocenters. The minimum Gasteiger partial charge on any atom is -0.443 e. The van der Waals surface area contributed by atoms with Crippen LogP contribution >= 0.6 is 0 Å². The van der Waals surface area contributed by atoms with E-state index in [0.29, 0.717) is 0 Å². The molecule has 2 rings (SSSR count). The molecule has 0 N–H and O–H groups in total. The fourth-order valence-electron chi connectivity index (χ4n) is 2.27. The van der Waals surface area contributed by atoms with E-state index in [0.717, 1.165) is 11.3 Å². The summed E-state index contributed by atoms with van der Waals surface area (Å²) in [5, 5.41) is 0. The lowest BCUT2D eigenvalue weighted by Gasteiger charge is -2.32. The molecule has 0 spiro atoms. The first-order chi connectivity index (χ1) is 10.4. The van der Waals surface area contributed by atoms with Crippen LogP contribution in [0.15, 0.2) is 60.7 Å². The van der Waals surface area contributed by atoms with E-state index >= 15 is 0 Å². The maximum Gasteiger partial charge on any atom is 0.415 e. The molecule has 2 aromatic rings. The molecular weight excluding hydrogens is 274 g/mol. The standard InChI is InChI=1S/C19H23NO2/c1-15(16-11-7-5-8-12-16)20(17-13-9-6-10-14-17)18(21)22-19(2,3)4/h5-15H,1-4H3. The molecular formula is C19H23NO2. The molecule has 0 saturated carbocycles. The Kier molecular flexibility index (Phi) is 4.86. The minimum absolute atomic E-state index is 0.113. The summed E-state index contributed by atoms with van der Waals surface area (Å²) in [6, 6.07) is 19.5. The van der Waals surface area contributed by atoms with Crippen molar-refractivity contribution in [2.24, 2.45) is 0 Å². The van der Waals surface area contributed by atoms with E-state index in [-0.39, 0.29) is 12.1 Å². The number of ether oxygens (including phenoxy) is 1. The molecule has 2 aromatic carbocycles. The average molecular weight is 297 g/mol. The highest BCUT2D eigenvalue weighted by Gasteiger charge is 2.28. The first-order valence-electron chi connectivity index (χ1n) is 7.51. The molecule has 0 saturated heterocycles. The monoisotopic (exact) mass is 297 g/mol. The molecule has 0 bridgehead atoms. The summed E-state index contributed by atoms with van der Waals surface area (Å²) in [6.45, 7) is 7.63. The van der Waals surface area contributed by atoms with E-state index in [1.807, 2.05) is 88.4 Å². The van der Waals surface area contributed by atoms with Gasteiger partial charge in [0.15, 0.2) is 0 Å². The van der Waals surface area contributed by atoms with Crippen molar-refractivity contribution in [3.63, 3.8) is 0 Å². The lowest BCUT2D eigenvalue weighted by Crippen LogP contribution is -2.38. The maximum absolute atomic E-state index is 12.7. The Morgan fingerprint density at radius 1 is 0.955 bits per heavy atom. The first kappa shape index (κ1) is 16.1. The second kappa shape index (κ2) is 6.65. The summed E-state index contributed by atoms with van der Waals surface area (Å²) in [4.78, 5) is 14.4. The Balaban J connectivity index is 2.36. The van der Waals surface area contributed by atoms with Crippen LogP contribution in [-0.2, 0) is 4.74 Å². The number of carbonyl (C=O) groups excluding carboxylic acids is 1. The number of hydrogen-bond acceptors (Lipinski definition) is 2. The van der Waals surface area contributed by atoms with E-state index in [2.05, 4.69) is 0 Å². The van der Waals surface area contributed by atoms with Gasteiger partial charge >= 0.3 is 6.09 Å². The minimum atomic E-state index is -0.527. The van der Waals surface area contributed by atoms with Gasteiger partial charge in [-0.05, 0) is 45.4 Å². The van der Waals surface area contributed by atoms with Crippen molar-refractivity contribution in [1.29, 1.82) is 0 Å². The molecule has 0 heterocycles. The molecule has 3 heteroatoms. The van der Waals surface area contributed by atoms with Gasteiger partial charge < -0.3 is 4.74 Å². The van der Waals surface area contributed by atoms with E-state index in [1.165, 1.54) is 0 Å². The molecule has 116 valence electrons. The van der Waals surface area contributed by atoms with Crippen molar-refractivity contribution < 1.29 is 9.53 Å². The Morgan fingerprint density at radius 2 is 1.45 bits per heavy atom. The summed E-state index contributed by atoms with van der Waals surface area (Å²) < 4.78 is 5.58. The van der Waals surface area contributed by atoms with Crippen molar-refractivity contribution >= 4 is 11.8 Å². The number of rotatable bonds is 3. The number of carbonyl (C=O) groups is 1. The van der Waals surface area contributed by atoms with Crippen LogP contribution in [0.1, 0.15) is 39.3 Å². The Labute approximate surface area is 132 Å². The first-order valence-corrected chi connectivity index (χ1v) is 7.51. The van der Waals surface area contributed by atoms with Gasteiger partial charge in [0, 0.05) is 5.69 Å². The number of amides is 1. The highest BCUT2D eigenvalue weighted by molar-refractivity contribution is 5.88. The predicted octanol–water partition coefficient (Wildman–Crippen LogP) is 5.19. The van der Waals surface area contributed by atoms with Crippen LogP contribution in [0.5, 0.6) is 0 Å². The smallest absolute Gasteiger partial charge is 0.415 e. The average Bonchev–Trinajstić information content (AvgIpc) is 2.47. The van der Waals surface area contributed by atoms with Gasteiger partial charge in [-0.3, -0.25) is 4.90 Å². The van der Waals surface area contributed by atoms with Gasteiger partial charge in [-0.2, -0.15) is 0 Å². The summed E-state index contributed by atoms with van der Waals surface area (Å²) in [5.41, 5.74) is 1.37. The highest BCUT2D eigenvalue weighted by Crippen LogP contribution is 2.28. The third-order valence-corrected chi connectivity index (χ3v) is 3.29. The number of nitrogens with zero attached hydrogens (tertiary/aromatic N) is 1. The zero-order valence-electron chi connectivity index (χ0n) is 13.6. The molecule has 22 heavy (non-hydrogen) atoms. The fourth-order valence-corrected chi connectivity index (χ4v) is 2.27. The third kappa shape index (κ3) is 4.10. The topological polar surface area (TPSA) is 29.5 Å². The molecule has 3 nitrogen and oxygen atoms in total. The SMILES string of the molecule is CC(c1ccccc1)N(C(=O)OC(C)(C)C)c1ccccc1. The molecule has 0 radical (unpaired) electrons. The van der Waals surface area contributed by atoms with Crippen LogP contribution in [0.25, 0.3) is 0 Å².